The molecule has 2 N–H and O–H groups in total. The van der Waals surface area contributed by atoms with Crippen molar-refractivity contribution in [1.82, 2.24) is 15.1 Å². The molecule has 1 aromatic carbocycles. The number of nitrogens with one attached hydrogen (secondary N) is 1. The minimum Gasteiger partial charge on any atom is -0.393 e. The second kappa shape index (κ2) is 6.20. The number of aliphatic hydroxyl groups excluding tert-OH is 1. The summed E-state index contributed by atoms with van der Waals surface area (Å²) in [5, 5.41) is 17.5. The van der Waals surface area contributed by atoms with Crippen LogP contribution in [0.1, 0.15) is 31.2 Å². The summed E-state index contributed by atoms with van der Waals surface area (Å²) in [5.41, 5.74) is 2.38. The molecule has 0 radical (unpaired) electrons. The zero-order valence-corrected chi connectivity index (χ0v) is 11.6. The summed E-state index contributed by atoms with van der Waals surface area (Å²) >= 11 is 0. The number of hydrogen-bond acceptors (Lipinski definition) is 3. The van der Waals surface area contributed by atoms with E-state index in [0.29, 0.717) is 6.04 Å². The van der Waals surface area contributed by atoms with Crippen molar-refractivity contribution in [3.8, 4) is 5.69 Å². The maximum absolute atomic E-state index is 9.54. The van der Waals surface area contributed by atoms with Gasteiger partial charge in [0.2, 0.25) is 0 Å². The molecule has 1 aliphatic carbocycles. The molecule has 0 atom stereocenters. The first-order valence-electron chi connectivity index (χ1n) is 7.32. The number of nitrogens with zero attached hydrogens (tertiary/aromatic N) is 2. The Balaban J connectivity index is 1.66. The first kappa shape index (κ1) is 13.3. The van der Waals surface area contributed by atoms with Crippen molar-refractivity contribution < 1.29 is 5.11 Å². The van der Waals surface area contributed by atoms with E-state index < -0.39 is 0 Å². The van der Waals surface area contributed by atoms with Crippen LogP contribution in [0.2, 0.25) is 0 Å². The molecule has 106 valence electrons. The van der Waals surface area contributed by atoms with Crippen molar-refractivity contribution in [1.29, 1.82) is 0 Å². The van der Waals surface area contributed by atoms with Crippen LogP contribution >= 0.6 is 0 Å². The number of aliphatic hydroxyl groups is 1. The van der Waals surface area contributed by atoms with Gasteiger partial charge in [0.05, 0.1) is 11.8 Å². The van der Waals surface area contributed by atoms with Crippen molar-refractivity contribution in [3.63, 3.8) is 0 Å². The highest BCUT2D eigenvalue weighted by atomic mass is 16.3. The summed E-state index contributed by atoms with van der Waals surface area (Å²) in [5.74, 6) is 0. The highest BCUT2D eigenvalue weighted by molar-refractivity contribution is 5.40. The van der Waals surface area contributed by atoms with Crippen LogP contribution in [-0.2, 0) is 6.54 Å². The summed E-state index contributed by atoms with van der Waals surface area (Å²) in [7, 11) is 0. The Hall–Kier alpha value is -1.65. The fourth-order valence-electron chi connectivity index (χ4n) is 2.83. The molecule has 1 aromatic heterocycles. The fraction of sp³-hybridized carbons (Fsp3) is 0.438. The fourth-order valence-corrected chi connectivity index (χ4v) is 2.83. The highest BCUT2D eigenvalue weighted by Crippen LogP contribution is 2.19. The van der Waals surface area contributed by atoms with Gasteiger partial charge in [0.15, 0.2) is 0 Å². The van der Waals surface area contributed by atoms with E-state index in [1.54, 1.807) is 6.20 Å². The molecule has 4 heteroatoms. The van der Waals surface area contributed by atoms with Gasteiger partial charge in [0.1, 0.15) is 0 Å². The molecule has 0 amide bonds. The van der Waals surface area contributed by atoms with Gasteiger partial charge in [-0.2, -0.15) is 5.10 Å². The van der Waals surface area contributed by atoms with E-state index in [1.165, 1.54) is 5.56 Å². The average Bonchev–Trinajstić information content (AvgIpc) is 3.01. The van der Waals surface area contributed by atoms with E-state index in [1.807, 2.05) is 23.0 Å². The smallest absolute Gasteiger partial charge is 0.0690 e. The molecule has 1 fully saturated rings. The molecule has 4 nitrogen and oxygen atoms in total. The molecule has 0 bridgehead atoms. The maximum atomic E-state index is 9.54. The largest absolute Gasteiger partial charge is 0.393 e. The lowest BCUT2D eigenvalue weighted by Gasteiger charge is -2.26. The van der Waals surface area contributed by atoms with Crippen molar-refractivity contribution >= 4 is 0 Å². The van der Waals surface area contributed by atoms with Crippen LogP contribution < -0.4 is 5.32 Å². The highest BCUT2D eigenvalue weighted by Gasteiger charge is 2.19. The molecule has 20 heavy (non-hydrogen) atoms. The third-order valence-electron chi connectivity index (χ3n) is 4.02. The summed E-state index contributed by atoms with van der Waals surface area (Å²) in [6.07, 6.45) is 7.62. The third-order valence-corrected chi connectivity index (χ3v) is 4.02. The van der Waals surface area contributed by atoms with Gasteiger partial charge in [-0.15, -0.1) is 0 Å². The third kappa shape index (κ3) is 3.08. The minimum absolute atomic E-state index is 0.0931. The monoisotopic (exact) mass is 271 g/mol. The van der Waals surface area contributed by atoms with Gasteiger partial charge < -0.3 is 10.4 Å². The molecule has 0 saturated heterocycles. The van der Waals surface area contributed by atoms with Crippen LogP contribution in [0, 0.1) is 0 Å². The lowest BCUT2D eigenvalue weighted by molar-refractivity contribution is 0.116. The van der Waals surface area contributed by atoms with E-state index in [9.17, 15) is 5.11 Å². The summed E-state index contributed by atoms with van der Waals surface area (Å²) < 4.78 is 1.90. The van der Waals surface area contributed by atoms with Gasteiger partial charge >= 0.3 is 0 Å². The number of benzene rings is 1. The van der Waals surface area contributed by atoms with E-state index >= 15 is 0 Å². The molecule has 2 aromatic rings. The van der Waals surface area contributed by atoms with E-state index in [2.05, 4.69) is 28.6 Å². The van der Waals surface area contributed by atoms with Crippen LogP contribution in [0.4, 0.5) is 0 Å². The Labute approximate surface area is 119 Å². The molecule has 3 rings (SSSR count). The molecule has 0 unspecified atom stereocenters. The lowest BCUT2D eigenvalue weighted by atomic mass is 9.93. The van der Waals surface area contributed by atoms with Crippen LogP contribution in [0.3, 0.4) is 0 Å². The summed E-state index contributed by atoms with van der Waals surface area (Å²) in [6.45, 7) is 0.844. The Kier molecular flexibility index (Phi) is 4.14. The SMILES string of the molecule is OC1CCC(NCc2ccccc2-n2cccn2)CC1. The van der Waals surface area contributed by atoms with E-state index in [4.69, 9.17) is 0 Å². The topological polar surface area (TPSA) is 50.1 Å². The molecular weight excluding hydrogens is 250 g/mol. The van der Waals surface area contributed by atoms with E-state index in [0.717, 1.165) is 37.9 Å². The summed E-state index contributed by atoms with van der Waals surface area (Å²) in [6, 6.07) is 10.8. The molecule has 1 aliphatic rings. The van der Waals surface area contributed by atoms with Crippen LogP contribution in [0.25, 0.3) is 5.69 Å². The van der Waals surface area contributed by atoms with Gasteiger partial charge in [-0.1, -0.05) is 18.2 Å². The van der Waals surface area contributed by atoms with Crippen molar-refractivity contribution in [2.24, 2.45) is 0 Å². The van der Waals surface area contributed by atoms with Crippen LogP contribution in [-0.4, -0.2) is 27.0 Å². The number of para-hydroxylation sites is 1. The van der Waals surface area contributed by atoms with Crippen molar-refractivity contribution in [2.45, 2.75) is 44.4 Å². The average molecular weight is 271 g/mol. The predicted octanol–water partition coefficient (Wildman–Crippen LogP) is 2.27. The molecular formula is C16H21N3O. The molecule has 0 spiro atoms. The second-order valence-electron chi connectivity index (χ2n) is 5.47. The van der Waals surface area contributed by atoms with Crippen molar-refractivity contribution in [3.05, 3.63) is 48.3 Å². The first-order chi connectivity index (χ1) is 9.83. The molecule has 1 saturated carbocycles. The van der Waals surface area contributed by atoms with Crippen molar-refractivity contribution in [2.75, 3.05) is 0 Å². The van der Waals surface area contributed by atoms with Crippen LogP contribution in [0.15, 0.2) is 42.7 Å². The number of aromatic nitrogens is 2. The van der Waals surface area contributed by atoms with Gasteiger partial charge in [-0.05, 0) is 43.4 Å². The Bertz CT molecular complexity index is 530. The van der Waals surface area contributed by atoms with Gasteiger partial charge in [0.25, 0.3) is 0 Å². The van der Waals surface area contributed by atoms with Gasteiger partial charge in [-0.25, -0.2) is 4.68 Å². The zero-order valence-electron chi connectivity index (χ0n) is 11.6. The van der Waals surface area contributed by atoms with Crippen LogP contribution in [0.5, 0.6) is 0 Å². The lowest BCUT2D eigenvalue weighted by Crippen LogP contribution is -2.34. The minimum atomic E-state index is -0.0931. The first-order valence-corrected chi connectivity index (χ1v) is 7.32. The Morgan fingerprint density at radius 2 is 1.95 bits per heavy atom. The van der Waals surface area contributed by atoms with Gasteiger partial charge in [-0.3, -0.25) is 0 Å². The maximum Gasteiger partial charge on any atom is 0.0690 e. The number of hydrogen-bond donors (Lipinski definition) is 2. The predicted molar refractivity (Wildman–Crippen MR) is 78.7 cm³/mol. The molecule has 0 aliphatic heterocycles. The normalized spacial score (nSPS) is 22.9. The quantitative estimate of drug-likeness (QED) is 0.897. The Morgan fingerprint density at radius 1 is 1.15 bits per heavy atom. The molecule has 1 heterocycles. The zero-order chi connectivity index (χ0) is 13.8. The van der Waals surface area contributed by atoms with E-state index in [-0.39, 0.29) is 6.10 Å². The Morgan fingerprint density at radius 3 is 2.70 bits per heavy atom. The number of rotatable bonds is 4. The summed E-state index contributed by atoms with van der Waals surface area (Å²) in [4.78, 5) is 0. The van der Waals surface area contributed by atoms with Gasteiger partial charge in [0, 0.05) is 25.0 Å². The standard InChI is InChI=1S/C16H21N3O/c20-15-8-6-14(7-9-15)17-12-13-4-1-2-5-16(13)19-11-3-10-18-19/h1-5,10-11,14-15,17,20H,6-9,12H2. The second-order valence-corrected chi connectivity index (χ2v) is 5.47.